The van der Waals surface area contributed by atoms with Gasteiger partial charge in [-0.05, 0) is 0 Å². The molecule has 0 saturated heterocycles. The molecule has 1 aromatic heterocycles. The molecule has 18 heavy (non-hydrogen) atoms. The summed E-state index contributed by atoms with van der Waals surface area (Å²) in [4.78, 5) is 22.6. The van der Waals surface area contributed by atoms with Gasteiger partial charge in [0.2, 0.25) is 24.3 Å². The van der Waals surface area contributed by atoms with E-state index in [0.29, 0.717) is 0 Å². The lowest BCUT2D eigenvalue weighted by Gasteiger charge is -2.35. The van der Waals surface area contributed by atoms with Crippen molar-refractivity contribution in [2.45, 2.75) is 5.54 Å². The first kappa shape index (κ1) is 14.0. The van der Waals surface area contributed by atoms with Gasteiger partial charge in [-0.3, -0.25) is 9.69 Å². The number of aromatic nitrogens is 3. The van der Waals surface area contributed by atoms with Gasteiger partial charge in [0.25, 0.3) is 0 Å². The van der Waals surface area contributed by atoms with Crippen LogP contribution in [0.2, 0.25) is 0 Å². The number of carbonyl (C=O) groups excluding carboxylic acids is 1. The fourth-order valence-electron chi connectivity index (χ4n) is 1.25. The lowest BCUT2D eigenvalue weighted by molar-refractivity contribution is -0.110. The van der Waals surface area contributed by atoms with Crippen LogP contribution in [0.25, 0.3) is 0 Å². The van der Waals surface area contributed by atoms with Gasteiger partial charge < -0.3 is 26.8 Å². The molecular formula is C8H14N6O4. The maximum atomic E-state index is 11.1. The Labute approximate surface area is 102 Å². The van der Waals surface area contributed by atoms with Crippen molar-refractivity contribution in [3.63, 3.8) is 0 Å². The van der Waals surface area contributed by atoms with Crippen LogP contribution in [-0.4, -0.2) is 62.0 Å². The van der Waals surface area contributed by atoms with E-state index in [2.05, 4.69) is 15.0 Å². The van der Waals surface area contributed by atoms with E-state index in [1.807, 2.05) is 0 Å². The number of nitrogen functional groups attached to an aromatic ring is 2. The first-order valence-corrected chi connectivity index (χ1v) is 4.87. The maximum Gasteiger partial charge on any atom is 0.239 e. The van der Waals surface area contributed by atoms with E-state index in [0.717, 1.165) is 4.90 Å². The van der Waals surface area contributed by atoms with Gasteiger partial charge in [0.05, 0.1) is 19.8 Å². The van der Waals surface area contributed by atoms with Crippen LogP contribution in [0.5, 0.6) is 0 Å². The van der Waals surface area contributed by atoms with Crippen molar-refractivity contribution < 1.29 is 20.1 Å². The number of aliphatic hydroxyl groups is 3. The van der Waals surface area contributed by atoms with Crippen LogP contribution in [0.3, 0.4) is 0 Å². The van der Waals surface area contributed by atoms with Crippen LogP contribution in [0.1, 0.15) is 0 Å². The molecule has 0 spiro atoms. The monoisotopic (exact) mass is 258 g/mol. The van der Waals surface area contributed by atoms with Crippen molar-refractivity contribution >= 4 is 24.3 Å². The fraction of sp³-hybridized carbons (Fsp3) is 0.500. The quantitative estimate of drug-likeness (QED) is 0.328. The highest BCUT2D eigenvalue weighted by Gasteiger charge is 2.37. The molecule has 0 unspecified atom stereocenters. The Hall–Kier alpha value is -2.04. The highest BCUT2D eigenvalue weighted by molar-refractivity contribution is 5.74. The smallest absolute Gasteiger partial charge is 0.239 e. The predicted octanol–water partition coefficient (Wildman–Crippen LogP) is -3.29. The Kier molecular flexibility index (Phi) is 4.31. The molecule has 7 N–H and O–H groups in total. The molecule has 0 radical (unpaired) electrons. The summed E-state index contributed by atoms with van der Waals surface area (Å²) < 4.78 is 0. The summed E-state index contributed by atoms with van der Waals surface area (Å²) in [5.74, 6) is -0.730. The van der Waals surface area contributed by atoms with E-state index in [1.54, 1.807) is 0 Å². The Morgan fingerprint density at radius 1 is 1.06 bits per heavy atom. The average Bonchev–Trinajstić information content (AvgIpc) is 2.35. The van der Waals surface area contributed by atoms with Crippen molar-refractivity contribution in [3.05, 3.63) is 0 Å². The molecular weight excluding hydrogens is 244 g/mol. The fourth-order valence-corrected chi connectivity index (χ4v) is 1.25. The average molecular weight is 258 g/mol. The van der Waals surface area contributed by atoms with E-state index >= 15 is 0 Å². The molecule has 0 aliphatic rings. The summed E-state index contributed by atoms with van der Waals surface area (Å²) in [6.45, 7) is -2.11. The van der Waals surface area contributed by atoms with Crippen LogP contribution in [0.4, 0.5) is 17.8 Å². The molecule has 10 nitrogen and oxygen atoms in total. The van der Waals surface area contributed by atoms with Crippen molar-refractivity contribution in [1.82, 2.24) is 15.0 Å². The van der Waals surface area contributed by atoms with Crippen molar-refractivity contribution in [2.24, 2.45) is 0 Å². The Balaban J connectivity index is 3.27. The largest absolute Gasteiger partial charge is 0.394 e. The molecule has 0 aliphatic carbocycles. The van der Waals surface area contributed by atoms with Gasteiger partial charge in [-0.15, -0.1) is 0 Å². The van der Waals surface area contributed by atoms with E-state index in [4.69, 9.17) is 11.5 Å². The molecule has 10 heteroatoms. The predicted molar refractivity (Wildman–Crippen MR) is 61.2 cm³/mol. The summed E-state index contributed by atoms with van der Waals surface area (Å²) in [7, 11) is 0. The molecule has 1 aromatic rings. The number of anilines is 3. The molecule has 1 heterocycles. The number of carbonyl (C=O) groups is 1. The van der Waals surface area contributed by atoms with Crippen LogP contribution < -0.4 is 16.4 Å². The zero-order chi connectivity index (χ0) is 13.8. The van der Waals surface area contributed by atoms with Crippen molar-refractivity contribution in [1.29, 1.82) is 0 Å². The van der Waals surface area contributed by atoms with Gasteiger partial charge in [-0.25, -0.2) is 0 Å². The van der Waals surface area contributed by atoms with Gasteiger partial charge >= 0.3 is 0 Å². The summed E-state index contributed by atoms with van der Waals surface area (Å²) in [6, 6.07) is 0. The lowest BCUT2D eigenvalue weighted by atomic mass is 10.0. The summed E-state index contributed by atoms with van der Waals surface area (Å²) in [6.07, 6.45) is 0.247. The first-order chi connectivity index (χ1) is 8.52. The Morgan fingerprint density at radius 3 is 1.83 bits per heavy atom. The van der Waals surface area contributed by atoms with Crippen LogP contribution in [0.15, 0.2) is 0 Å². The number of aliphatic hydroxyl groups excluding tert-OH is 3. The van der Waals surface area contributed by atoms with Gasteiger partial charge in [0.15, 0.2) is 0 Å². The van der Waals surface area contributed by atoms with Crippen molar-refractivity contribution in [2.75, 3.05) is 36.2 Å². The summed E-state index contributed by atoms with van der Waals surface area (Å²) in [5.41, 5.74) is 9.04. The van der Waals surface area contributed by atoms with Crippen LogP contribution >= 0.6 is 0 Å². The van der Waals surface area contributed by atoms with Gasteiger partial charge in [-0.2, -0.15) is 15.0 Å². The number of hydrogen-bond acceptors (Lipinski definition) is 9. The van der Waals surface area contributed by atoms with E-state index in [-0.39, 0.29) is 24.3 Å². The van der Waals surface area contributed by atoms with Crippen molar-refractivity contribution in [3.8, 4) is 0 Å². The number of hydrogen-bond donors (Lipinski definition) is 5. The second-order valence-corrected chi connectivity index (χ2v) is 3.53. The highest BCUT2D eigenvalue weighted by Crippen LogP contribution is 2.19. The second kappa shape index (κ2) is 5.53. The molecule has 0 fully saturated rings. The summed E-state index contributed by atoms with van der Waals surface area (Å²) in [5, 5.41) is 27.7. The number of nitrogens with two attached hydrogens (primary N) is 2. The minimum atomic E-state index is -1.65. The third-order valence-electron chi connectivity index (χ3n) is 2.37. The standard InChI is InChI=1S/C8H14N6O4/c9-5-11-6(10)13-7(12-5)14(4-18)8(1-15,2-16)3-17/h4,15-17H,1-3H2,(H4,9,10,11,12,13). The van der Waals surface area contributed by atoms with E-state index < -0.39 is 25.4 Å². The van der Waals surface area contributed by atoms with E-state index in [9.17, 15) is 20.1 Å². The minimum absolute atomic E-state index is 0.230. The Bertz CT molecular complexity index is 396. The van der Waals surface area contributed by atoms with E-state index in [1.165, 1.54) is 0 Å². The Morgan fingerprint density at radius 2 is 1.50 bits per heavy atom. The molecule has 100 valence electrons. The maximum absolute atomic E-state index is 11.1. The topological polar surface area (TPSA) is 172 Å². The molecule has 0 atom stereocenters. The second-order valence-electron chi connectivity index (χ2n) is 3.53. The number of amides is 1. The SMILES string of the molecule is Nc1nc(N)nc(N(C=O)C(CO)(CO)CO)n1. The molecule has 1 amide bonds. The normalized spacial score (nSPS) is 11.3. The molecule has 0 saturated carbocycles. The number of rotatable bonds is 6. The zero-order valence-corrected chi connectivity index (χ0v) is 9.39. The lowest BCUT2D eigenvalue weighted by Crippen LogP contribution is -2.57. The van der Waals surface area contributed by atoms with Crippen LogP contribution in [0, 0.1) is 0 Å². The van der Waals surface area contributed by atoms with Gasteiger partial charge in [0, 0.05) is 0 Å². The molecule has 1 rings (SSSR count). The van der Waals surface area contributed by atoms with Crippen LogP contribution in [-0.2, 0) is 4.79 Å². The third-order valence-corrected chi connectivity index (χ3v) is 2.37. The number of nitrogens with zero attached hydrogens (tertiary/aromatic N) is 4. The zero-order valence-electron chi connectivity index (χ0n) is 9.39. The highest BCUT2D eigenvalue weighted by atomic mass is 16.3. The summed E-state index contributed by atoms with van der Waals surface area (Å²) >= 11 is 0. The molecule has 0 aliphatic heterocycles. The third kappa shape index (κ3) is 2.45. The molecule has 0 aromatic carbocycles. The van der Waals surface area contributed by atoms with Gasteiger partial charge in [-0.1, -0.05) is 0 Å². The first-order valence-electron chi connectivity index (χ1n) is 4.87. The molecule has 0 bridgehead atoms. The minimum Gasteiger partial charge on any atom is -0.394 e. The van der Waals surface area contributed by atoms with Gasteiger partial charge in [0.1, 0.15) is 5.54 Å².